The second-order valence-corrected chi connectivity index (χ2v) is 3.23. The van der Waals surface area contributed by atoms with Crippen molar-refractivity contribution >= 4 is 11.9 Å². The lowest BCUT2D eigenvalue weighted by molar-refractivity contribution is -0.118. The highest BCUT2D eigenvalue weighted by atomic mass is 16.1. The van der Waals surface area contributed by atoms with E-state index in [2.05, 4.69) is 15.3 Å². The number of hydrogen-bond donors (Lipinski definition) is 1. The molecule has 0 bridgehead atoms. The lowest BCUT2D eigenvalue weighted by Crippen LogP contribution is -2.19. The van der Waals surface area contributed by atoms with Gasteiger partial charge in [-0.3, -0.25) is 10.1 Å². The molecule has 0 aliphatic rings. The Labute approximate surface area is 77.4 Å². The zero-order chi connectivity index (χ0) is 9.84. The molecule has 1 rings (SSSR count). The van der Waals surface area contributed by atoms with Crippen LogP contribution in [-0.2, 0) is 4.79 Å². The van der Waals surface area contributed by atoms with Crippen LogP contribution in [-0.4, -0.2) is 15.9 Å². The zero-order valence-corrected chi connectivity index (χ0v) is 8.03. The minimum Gasteiger partial charge on any atom is -0.294 e. The monoisotopic (exact) mass is 179 g/mol. The van der Waals surface area contributed by atoms with Crippen LogP contribution in [0.5, 0.6) is 0 Å². The van der Waals surface area contributed by atoms with Gasteiger partial charge in [-0.2, -0.15) is 0 Å². The summed E-state index contributed by atoms with van der Waals surface area (Å²) in [5, 5.41) is 2.61. The molecule has 0 aromatic carbocycles. The first-order valence-electron chi connectivity index (χ1n) is 4.19. The maximum Gasteiger partial charge on any atom is 0.229 e. The Balaban J connectivity index is 2.65. The minimum absolute atomic E-state index is 0.0510. The molecule has 0 radical (unpaired) electrons. The lowest BCUT2D eigenvalue weighted by Gasteiger charge is -2.05. The van der Waals surface area contributed by atoms with Gasteiger partial charge in [0, 0.05) is 18.3 Å². The molecule has 0 saturated carbocycles. The highest BCUT2D eigenvalue weighted by Gasteiger charge is 2.07. The van der Waals surface area contributed by atoms with E-state index < -0.39 is 0 Å². The van der Waals surface area contributed by atoms with E-state index in [0.29, 0.717) is 5.95 Å². The molecule has 4 heteroatoms. The summed E-state index contributed by atoms with van der Waals surface area (Å²) >= 11 is 0. The van der Waals surface area contributed by atoms with Gasteiger partial charge in [0.15, 0.2) is 0 Å². The molecule has 1 amide bonds. The summed E-state index contributed by atoms with van der Waals surface area (Å²) in [4.78, 5) is 19.1. The van der Waals surface area contributed by atoms with Crippen molar-refractivity contribution in [3.05, 3.63) is 18.0 Å². The van der Waals surface area contributed by atoms with E-state index in [9.17, 15) is 4.79 Å². The average molecular weight is 179 g/mol. The predicted octanol–water partition coefficient (Wildman–Crippen LogP) is 1.38. The predicted molar refractivity (Wildman–Crippen MR) is 50.2 cm³/mol. The number of amides is 1. The largest absolute Gasteiger partial charge is 0.294 e. The van der Waals surface area contributed by atoms with E-state index in [1.165, 1.54) is 0 Å². The number of aromatic nitrogens is 2. The van der Waals surface area contributed by atoms with Crippen LogP contribution in [0.1, 0.15) is 19.4 Å². The second kappa shape index (κ2) is 3.98. The summed E-state index contributed by atoms with van der Waals surface area (Å²) in [6.45, 7) is 5.54. The zero-order valence-electron chi connectivity index (χ0n) is 8.03. The van der Waals surface area contributed by atoms with Crippen LogP contribution in [0.2, 0.25) is 0 Å². The van der Waals surface area contributed by atoms with Crippen LogP contribution in [0.3, 0.4) is 0 Å². The highest BCUT2D eigenvalue weighted by molar-refractivity contribution is 5.90. The number of hydrogen-bond acceptors (Lipinski definition) is 3. The van der Waals surface area contributed by atoms with Gasteiger partial charge in [-0.25, -0.2) is 9.97 Å². The maximum atomic E-state index is 11.2. The third-order valence-corrected chi connectivity index (χ3v) is 1.54. The van der Waals surface area contributed by atoms with Crippen molar-refractivity contribution in [1.82, 2.24) is 9.97 Å². The van der Waals surface area contributed by atoms with Crippen molar-refractivity contribution in [3.8, 4) is 0 Å². The topological polar surface area (TPSA) is 54.9 Å². The van der Waals surface area contributed by atoms with Crippen LogP contribution in [0.4, 0.5) is 5.95 Å². The van der Waals surface area contributed by atoms with Crippen LogP contribution >= 0.6 is 0 Å². The molecule has 1 N–H and O–H groups in total. The number of rotatable bonds is 2. The molecule has 0 aliphatic carbocycles. The molecule has 13 heavy (non-hydrogen) atoms. The van der Waals surface area contributed by atoms with E-state index in [-0.39, 0.29) is 11.8 Å². The molecular formula is C9H13N3O. The molecule has 0 fully saturated rings. The molecule has 1 aromatic rings. The van der Waals surface area contributed by atoms with Crippen LogP contribution < -0.4 is 5.32 Å². The van der Waals surface area contributed by atoms with Gasteiger partial charge in [0.05, 0.1) is 0 Å². The fourth-order valence-electron chi connectivity index (χ4n) is 0.712. The smallest absolute Gasteiger partial charge is 0.229 e. The van der Waals surface area contributed by atoms with E-state index in [1.54, 1.807) is 12.4 Å². The van der Waals surface area contributed by atoms with Crippen molar-refractivity contribution in [1.29, 1.82) is 0 Å². The summed E-state index contributed by atoms with van der Waals surface area (Å²) in [6, 6.07) is 0. The molecule has 0 aliphatic heterocycles. The Morgan fingerprint density at radius 2 is 1.92 bits per heavy atom. The summed E-state index contributed by atoms with van der Waals surface area (Å²) in [6.07, 6.45) is 3.34. The number of nitrogens with zero attached hydrogens (tertiary/aromatic N) is 2. The molecule has 0 spiro atoms. The molecule has 0 atom stereocenters. The number of nitrogens with one attached hydrogen (secondary N) is 1. The Morgan fingerprint density at radius 3 is 2.38 bits per heavy atom. The first-order chi connectivity index (χ1) is 6.09. The maximum absolute atomic E-state index is 11.2. The van der Waals surface area contributed by atoms with Gasteiger partial charge in [0.1, 0.15) is 0 Å². The van der Waals surface area contributed by atoms with Crippen LogP contribution in [0, 0.1) is 12.8 Å². The van der Waals surface area contributed by atoms with E-state index >= 15 is 0 Å². The van der Waals surface area contributed by atoms with Crippen molar-refractivity contribution in [2.75, 3.05) is 5.32 Å². The summed E-state index contributed by atoms with van der Waals surface area (Å²) < 4.78 is 0. The van der Waals surface area contributed by atoms with Gasteiger partial charge in [0.25, 0.3) is 0 Å². The van der Waals surface area contributed by atoms with E-state index in [1.807, 2.05) is 20.8 Å². The van der Waals surface area contributed by atoms with Gasteiger partial charge in [-0.15, -0.1) is 0 Å². The molecular weight excluding hydrogens is 166 g/mol. The highest BCUT2D eigenvalue weighted by Crippen LogP contribution is 2.01. The SMILES string of the molecule is Cc1cnc(NC(=O)C(C)C)nc1. The lowest BCUT2D eigenvalue weighted by atomic mass is 10.2. The standard InChI is InChI=1S/C9H13N3O/c1-6(2)8(13)12-9-10-4-7(3)5-11-9/h4-6H,1-3H3,(H,10,11,12,13). The number of aryl methyl sites for hydroxylation is 1. The first kappa shape index (κ1) is 9.64. The average Bonchev–Trinajstić information content (AvgIpc) is 2.08. The van der Waals surface area contributed by atoms with Gasteiger partial charge < -0.3 is 0 Å². The third kappa shape index (κ3) is 2.82. The normalized spacial score (nSPS) is 10.2. The van der Waals surface area contributed by atoms with Crippen LogP contribution in [0.15, 0.2) is 12.4 Å². The first-order valence-corrected chi connectivity index (χ1v) is 4.19. The van der Waals surface area contributed by atoms with Crippen molar-refractivity contribution < 1.29 is 4.79 Å². The number of carbonyl (C=O) groups excluding carboxylic acids is 1. The van der Waals surface area contributed by atoms with Crippen molar-refractivity contribution in [2.45, 2.75) is 20.8 Å². The van der Waals surface area contributed by atoms with Crippen molar-refractivity contribution in [3.63, 3.8) is 0 Å². The van der Waals surface area contributed by atoms with E-state index in [0.717, 1.165) is 5.56 Å². The third-order valence-electron chi connectivity index (χ3n) is 1.54. The summed E-state index contributed by atoms with van der Waals surface area (Å²) in [5.74, 6) is 0.248. The minimum atomic E-state index is -0.0659. The Kier molecular flexibility index (Phi) is 2.95. The fraction of sp³-hybridized carbons (Fsp3) is 0.444. The molecule has 70 valence electrons. The summed E-state index contributed by atoms with van der Waals surface area (Å²) in [5.41, 5.74) is 0.975. The molecule has 0 saturated heterocycles. The molecule has 4 nitrogen and oxygen atoms in total. The molecule has 1 aromatic heterocycles. The van der Waals surface area contributed by atoms with Gasteiger partial charge >= 0.3 is 0 Å². The van der Waals surface area contributed by atoms with Crippen molar-refractivity contribution in [2.24, 2.45) is 5.92 Å². The summed E-state index contributed by atoms with van der Waals surface area (Å²) in [7, 11) is 0. The van der Waals surface area contributed by atoms with E-state index in [4.69, 9.17) is 0 Å². The molecule has 1 heterocycles. The quantitative estimate of drug-likeness (QED) is 0.746. The Hall–Kier alpha value is -1.45. The number of carbonyl (C=O) groups is 1. The second-order valence-electron chi connectivity index (χ2n) is 3.23. The number of anilines is 1. The van der Waals surface area contributed by atoms with Gasteiger partial charge in [-0.1, -0.05) is 13.8 Å². The molecule has 0 unspecified atom stereocenters. The Morgan fingerprint density at radius 1 is 1.38 bits per heavy atom. The van der Waals surface area contributed by atoms with Gasteiger partial charge in [-0.05, 0) is 12.5 Å². The fourth-order valence-corrected chi connectivity index (χ4v) is 0.712. The van der Waals surface area contributed by atoms with Gasteiger partial charge in [0.2, 0.25) is 11.9 Å². The van der Waals surface area contributed by atoms with Crippen LogP contribution in [0.25, 0.3) is 0 Å². The Bertz CT molecular complexity index is 292.